The van der Waals surface area contributed by atoms with Crippen molar-refractivity contribution in [2.24, 2.45) is 13.0 Å². The number of hydrogen-bond donors (Lipinski definition) is 0. The number of halogens is 1. The summed E-state index contributed by atoms with van der Waals surface area (Å²) in [5.41, 5.74) is 0.0770. The van der Waals surface area contributed by atoms with Crippen molar-refractivity contribution in [3.8, 4) is 0 Å². The molecule has 0 radical (unpaired) electrons. The van der Waals surface area contributed by atoms with Crippen molar-refractivity contribution >= 4 is 17.5 Å². The summed E-state index contributed by atoms with van der Waals surface area (Å²) in [6, 6.07) is 0.0287. The fourth-order valence-electron chi connectivity index (χ4n) is 4.35. The average molecular weight is 368 g/mol. The molecule has 0 unspecified atom stereocenters. The summed E-state index contributed by atoms with van der Waals surface area (Å²) in [5, 5.41) is 4.65. The van der Waals surface area contributed by atoms with Gasteiger partial charge in [-0.15, -0.1) is 0 Å². The molecule has 2 saturated carbocycles. The van der Waals surface area contributed by atoms with Gasteiger partial charge in [0.1, 0.15) is 0 Å². The molecule has 25 heavy (non-hydrogen) atoms. The minimum Gasteiger partial charge on any atom is -0.378 e. The molecule has 3 fully saturated rings. The van der Waals surface area contributed by atoms with Crippen LogP contribution in [0, 0.1) is 5.92 Å². The average Bonchev–Trinajstić information content (AvgIpc) is 3.27. The molecule has 4 rings (SSSR count). The summed E-state index contributed by atoms with van der Waals surface area (Å²) in [4.78, 5) is 15.0. The van der Waals surface area contributed by atoms with Crippen LogP contribution in [0.1, 0.15) is 49.0 Å². The van der Waals surface area contributed by atoms with Gasteiger partial charge in [-0.05, 0) is 44.4 Å². The summed E-state index contributed by atoms with van der Waals surface area (Å²) in [6.45, 7) is 1.54. The van der Waals surface area contributed by atoms with Gasteiger partial charge in [0.25, 0.3) is 5.91 Å². The van der Waals surface area contributed by atoms with Gasteiger partial charge >= 0.3 is 0 Å². The summed E-state index contributed by atoms with van der Waals surface area (Å²) < 4.78 is 13.6. The van der Waals surface area contributed by atoms with Crippen LogP contribution >= 0.6 is 11.6 Å². The zero-order chi connectivity index (χ0) is 17.6. The third-order valence-corrected chi connectivity index (χ3v) is 6.33. The molecular weight excluding hydrogens is 342 g/mol. The molecule has 0 spiro atoms. The number of fused-ring (bicyclic) bond motifs is 1. The van der Waals surface area contributed by atoms with E-state index < -0.39 is 0 Å². The van der Waals surface area contributed by atoms with Gasteiger partial charge in [-0.3, -0.25) is 9.48 Å². The van der Waals surface area contributed by atoms with Crippen LogP contribution in [-0.4, -0.2) is 58.6 Å². The van der Waals surface area contributed by atoms with Gasteiger partial charge in [0.2, 0.25) is 0 Å². The number of methoxy groups -OCH3 is 1. The lowest BCUT2D eigenvalue weighted by atomic mass is 9.79. The molecule has 7 heteroatoms. The predicted molar refractivity (Wildman–Crippen MR) is 93.7 cm³/mol. The predicted octanol–water partition coefficient (Wildman–Crippen LogP) is 2.65. The fraction of sp³-hybridized carbons (Fsp3) is 0.778. The molecule has 0 N–H and O–H groups in total. The number of aromatic nitrogens is 2. The van der Waals surface area contributed by atoms with Crippen molar-refractivity contribution in [2.75, 3.05) is 20.3 Å². The van der Waals surface area contributed by atoms with Gasteiger partial charge in [0.05, 0.1) is 22.8 Å². The highest BCUT2D eigenvalue weighted by atomic mass is 35.5. The molecule has 1 aromatic heterocycles. The first-order valence-electron chi connectivity index (χ1n) is 9.19. The molecule has 6 nitrogen and oxygen atoms in total. The van der Waals surface area contributed by atoms with Crippen LogP contribution in [0.4, 0.5) is 0 Å². The van der Waals surface area contributed by atoms with E-state index in [-0.39, 0.29) is 23.7 Å². The maximum Gasteiger partial charge on any atom is 0.276 e. The largest absolute Gasteiger partial charge is 0.378 e. The van der Waals surface area contributed by atoms with Gasteiger partial charge in [0, 0.05) is 33.5 Å². The van der Waals surface area contributed by atoms with Crippen LogP contribution in [0.15, 0.2) is 6.20 Å². The van der Waals surface area contributed by atoms with Crippen molar-refractivity contribution in [2.45, 2.75) is 56.3 Å². The van der Waals surface area contributed by atoms with Gasteiger partial charge in [-0.2, -0.15) is 5.10 Å². The van der Waals surface area contributed by atoms with Gasteiger partial charge in [-0.1, -0.05) is 11.6 Å². The molecule has 1 aromatic rings. The van der Waals surface area contributed by atoms with Crippen LogP contribution in [0.5, 0.6) is 0 Å². The minimum atomic E-state index is -0.254. The summed E-state index contributed by atoms with van der Waals surface area (Å²) >= 11 is 6.20. The van der Waals surface area contributed by atoms with Crippen LogP contribution in [-0.2, 0) is 16.5 Å². The second kappa shape index (κ2) is 6.56. The number of ether oxygens (including phenoxy) is 2. The number of amides is 1. The molecule has 1 saturated heterocycles. The van der Waals surface area contributed by atoms with E-state index in [9.17, 15) is 4.79 Å². The summed E-state index contributed by atoms with van der Waals surface area (Å²) in [6.07, 6.45) is 8.09. The van der Waals surface area contributed by atoms with E-state index in [0.29, 0.717) is 17.3 Å². The third kappa shape index (κ3) is 3.20. The number of likely N-dealkylation sites (tertiary alicyclic amines) is 1. The summed E-state index contributed by atoms with van der Waals surface area (Å²) in [5.74, 6) is 0.653. The molecule has 138 valence electrons. The first-order chi connectivity index (χ1) is 12.0. The van der Waals surface area contributed by atoms with Gasteiger partial charge in [0.15, 0.2) is 5.69 Å². The van der Waals surface area contributed by atoms with Crippen LogP contribution < -0.4 is 0 Å². The Balaban J connectivity index is 1.51. The topological polar surface area (TPSA) is 56.6 Å². The minimum absolute atomic E-state index is 0.0287. The quantitative estimate of drug-likeness (QED) is 0.802. The Morgan fingerprint density at radius 3 is 2.84 bits per heavy atom. The number of hydrogen-bond acceptors (Lipinski definition) is 4. The van der Waals surface area contributed by atoms with Crippen molar-refractivity contribution in [3.63, 3.8) is 0 Å². The SMILES string of the molecule is CO[C@@]12CC[C@H](OCC3CC3)C[C@@H]1N(C(=O)c1nn(C)cc1Cl)CC2. The lowest BCUT2D eigenvalue weighted by molar-refractivity contribution is -0.0977. The number of aryl methyl sites for hydroxylation is 1. The first kappa shape index (κ1) is 17.3. The van der Waals surface area contributed by atoms with Gasteiger partial charge in [-0.25, -0.2) is 0 Å². The Morgan fingerprint density at radius 1 is 1.40 bits per heavy atom. The Morgan fingerprint density at radius 2 is 2.20 bits per heavy atom. The molecule has 1 aliphatic heterocycles. The maximum absolute atomic E-state index is 13.0. The highest BCUT2D eigenvalue weighted by Crippen LogP contribution is 2.44. The number of nitrogens with zero attached hydrogens (tertiary/aromatic N) is 3. The zero-order valence-corrected chi connectivity index (χ0v) is 15.7. The van der Waals surface area contributed by atoms with Crippen molar-refractivity contribution < 1.29 is 14.3 Å². The van der Waals surface area contributed by atoms with E-state index >= 15 is 0 Å². The first-order valence-corrected chi connectivity index (χ1v) is 9.57. The van der Waals surface area contributed by atoms with E-state index in [1.807, 2.05) is 4.90 Å². The number of rotatable bonds is 5. The van der Waals surface area contributed by atoms with Crippen LogP contribution in [0.2, 0.25) is 5.02 Å². The van der Waals surface area contributed by atoms with Crippen molar-refractivity contribution in [1.29, 1.82) is 0 Å². The Labute approximate surface area is 153 Å². The molecule has 2 heterocycles. The molecule has 3 aliphatic rings. The van der Waals surface area contributed by atoms with E-state index in [0.717, 1.165) is 38.2 Å². The summed E-state index contributed by atoms with van der Waals surface area (Å²) in [7, 11) is 3.54. The molecule has 1 amide bonds. The van der Waals surface area contributed by atoms with E-state index in [4.69, 9.17) is 21.1 Å². The Hall–Kier alpha value is -1.11. The Kier molecular flexibility index (Phi) is 4.54. The normalized spacial score (nSPS) is 32.0. The number of carbonyl (C=O) groups is 1. The standard InChI is InChI=1S/C18H26ClN3O3/c1-21-10-14(19)16(20-21)17(23)22-8-7-18(24-2)6-5-13(9-15(18)22)25-11-12-3-4-12/h10,12-13,15H,3-9,11H2,1-2H3/t13-,15-,18+/m0/s1. The molecule has 0 aromatic carbocycles. The lowest BCUT2D eigenvalue weighted by Gasteiger charge is -2.43. The number of carbonyl (C=O) groups excluding carboxylic acids is 1. The maximum atomic E-state index is 13.0. The monoisotopic (exact) mass is 367 g/mol. The molecule has 2 aliphatic carbocycles. The van der Waals surface area contributed by atoms with Crippen LogP contribution in [0.25, 0.3) is 0 Å². The molecular formula is C18H26ClN3O3. The molecule has 3 atom stereocenters. The smallest absolute Gasteiger partial charge is 0.276 e. The third-order valence-electron chi connectivity index (χ3n) is 6.05. The van der Waals surface area contributed by atoms with E-state index in [2.05, 4.69) is 5.10 Å². The van der Waals surface area contributed by atoms with Crippen molar-refractivity contribution in [3.05, 3.63) is 16.9 Å². The van der Waals surface area contributed by atoms with E-state index in [1.54, 1.807) is 25.0 Å². The van der Waals surface area contributed by atoms with E-state index in [1.165, 1.54) is 12.8 Å². The van der Waals surface area contributed by atoms with Gasteiger partial charge < -0.3 is 14.4 Å². The fourth-order valence-corrected chi connectivity index (χ4v) is 4.61. The lowest BCUT2D eigenvalue weighted by Crippen LogP contribution is -2.53. The second-order valence-electron chi connectivity index (χ2n) is 7.71. The highest BCUT2D eigenvalue weighted by molar-refractivity contribution is 6.33. The highest BCUT2D eigenvalue weighted by Gasteiger charge is 2.53. The molecule has 0 bridgehead atoms. The second-order valence-corrected chi connectivity index (χ2v) is 8.11. The van der Waals surface area contributed by atoms with Crippen molar-refractivity contribution in [1.82, 2.24) is 14.7 Å². The zero-order valence-electron chi connectivity index (χ0n) is 14.9. The van der Waals surface area contributed by atoms with Crippen LogP contribution in [0.3, 0.4) is 0 Å². The Bertz CT molecular complexity index is 660.